The van der Waals surface area contributed by atoms with Crippen molar-refractivity contribution in [1.29, 1.82) is 0 Å². The molecule has 0 radical (unpaired) electrons. The van der Waals surface area contributed by atoms with Crippen molar-refractivity contribution in [3.8, 4) is 0 Å². The molecule has 1 fully saturated rings. The Morgan fingerprint density at radius 3 is 2.82 bits per heavy atom. The van der Waals surface area contributed by atoms with Gasteiger partial charge >= 0.3 is 0 Å². The summed E-state index contributed by atoms with van der Waals surface area (Å²) in [6.07, 6.45) is 1.51. The van der Waals surface area contributed by atoms with Crippen LogP contribution in [0.4, 0.5) is 5.00 Å². The van der Waals surface area contributed by atoms with Gasteiger partial charge in [0.25, 0.3) is 5.91 Å². The maximum atomic E-state index is 12.2. The van der Waals surface area contributed by atoms with E-state index in [4.69, 9.17) is 9.15 Å². The number of aryl methyl sites for hydroxylation is 1. The van der Waals surface area contributed by atoms with Crippen LogP contribution >= 0.6 is 11.3 Å². The number of ether oxygens (including phenoxy) is 1. The van der Waals surface area contributed by atoms with E-state index in [1.54, 1.807) is 23.5 Å². The van der Waals surface area contributed by atoms with Crippen LogP contribution in [0.15, 0.2) is 22.8 Å². The van der Waals surface area contributed by atoms with E-state index in [0.29, 0.717) is 5.76 Å². The minimum absolute atomic E-state index is 0.200. The number of nitrogens with zero attached hydrogens (tertiary/aromatic N) is 1. The molecule has 0 atom stereocenters. The Labute approximate surface area is 133 Å². The molecule has 1 saturated heterocycles. The van der Waals surface area contributed by atoms with Gasteiger partial charge in [-0.1, -0.05) is 0 Å². The SMILES string of the molecule is Cc1sc(NC(=O)c2ccco2)c(CN2CCOCC2)c1C. The second kappa shape index (κ2) is 6.64. The van der Waals surface area contributed by atoms with E-state index in [2.05, 4.69) is 24.1 Å². The van der Waals surface area contributed by atoms with Crippen molar-refractivity contribution in [2.45, 2.75) is 20.4 Å². The first-order valence-corrected chi connectivity index (χ1v) is 8.20. The molecule has 22 heavy (non-hydrogen) atoms. The quantitative estimate of drug-likeness (QED) is 0.941. The summed E-state index contributed by atoms with van der Waals surface area (Å²) < 4.78 is 10.6. The fourth-order valence-corrected chi connectivity index (χ4v) is 3.59. The minimum Gasteiger partial charge on any atom is -0.459 e. The van der Waals surface area contributed by atoms with Gasteiger partial charge in [0.15, 0.2) is 5.76 Å². The summed E-state index contributed by atoms with van der Waals surface area (Å²) in [4.78, 5) is 15.8. The number of nitrogens with one attached hydrogen (secondary N) is 1. The van der Waals surface area contributed by atoms with Gasteiger partial charge in [-0.15, -0.1) is 11.3 Å². The lowest BCUT2D eigenvalue weighted by molar-refractivity contribution is 0.0342. The van der Waals surface area contributed by atoms with Gasteiger partial charge in [-0.3, -0.25) is 9.69 Å². The number of thiophene rings is 1. The molecule has 0 spiro atoms. The third-order valence-corrected chi connectivity index (χ3v) is 5.13. The smallest absolute Gasteiger partial charge is 0.291 e. The maximum Gasteiger partial charge on any atom is 0.291 e. The molecule has 1 aliphatic rings. The van der Waals surface area contributed by atoms with Crippen LogP contribution in [0, 0.1) is 13.8 Å². The Kier molecular flexibility index (Phi) is 4.61. The number of anilines is 1. The molecule has 3 rings (SSSR count). The fourth-order valence-electron chi connectivity index (χ4n) is 2.52. The standard InChI is InChI=1S/C16H20N2O3S/c1-11-12(2)22-16(17-15(19)14-4-3-7-21-14)13(11)10-18-5-8-20-9-6-18/h3-4,7H,5-6,8-10H2,1-2H3,(H,17,19). The maximum absolute atomic E-state index is 12.2. The summed E-state index contributed by atoms with van der Waals surface area (Å²) in [5.74, 6) is 0.135. The third kappa shape index (κ3) is 3.24. The fraction of sp³-hybridized carbons (Fsp3) is 0.438. The van der Waals surface area contributed by atoms with E-state index >= 15 is 0 Å². The number of carbonyl (C=O) groups excluding carboxylic acids is 1. The highest BCUT2D eigenvalue weighted by atomic mass is 32.1. The van der Waals surface area contributed by atoms with Crippen LogP contribution in [-0.4, -0.2) is 37.1 Å². The average Bonchev–Trinajstić information content (AvgIpc) is 3.14. The summed E-state index contributed by atoms with van der Waals surface area (Å²) in [7, 11) is 0. The van der Waals surface area contributed by atoms with Gasteiger partial charge in [0, 0.05) is 30.1 Å². The van der Waals surface area contributed by atoms with Crippen molar-refractivity contribution >= 4 is 22.2 Å². The van der Waals surface area contributed by atoms with Crippen molar-refractivity contribution in [3.05, 3.63) is 40.2 Å². The molecule has 1 N–H and O–H groups in total. The van der Waals surface area contributed by atoms with Crippen molar-refractivity contribution in [2.24, 2.45) is 0 Å². The Balaban J connectivity index is 1.78. The molecule has 0 saturated carbocycles. The first-order valence-electron chi connectivity index (χ1n) is 7.39. The number of amides is 1. The number of hydrogen-bond acceptors (Lipinski definition) is 5. The van der Waals surface area contributed by atoms with Gasteiger partial charge in [0.2, 0.25) is 0 Å². The molecule has 2 aromatic heterocycles. The number of furan rings is 1. The van der Waals surface area contributed by atoms with Gasteiger partial charge in [0.05, 0.1) is 19.5 Å². The minimum atomic E-state index is -0.200. The van der Waals surface area contributed by atoms with E-state index < -0.39 is 0 Å². The first kappa shape index (κ1) is 15.3. The van der Waals surface area contributed by atoms with Crippen molar-refractivity contribution in [2.75, 3.05) is 31.6 Å². The van der Waals surface area contributed by atoms with Crippen LogP contribution in [0.3, 0.4) is 0 Å². The Hall–Kier alpha value is -1.63. The molecular weight excluding hydrogens is 300 g/mol. The van der Waals surface area contributed by atoms with Crippen LogP contribution < -0.4 is 5.32 Å². The molecule has 1 aliphatic heterocycles. The molecule has 0 aromatic carbocycles. The molecule has 2 aromatic rings. The number of rotatable bonds is 4. The Bertz CT molecular complexity index is 643. The van der Waals surface area contributed by atoms with Gasteiger partial charge in [-0.2, -0.15) is 0 Å². The molecule has 1 amide bonds. The zero-order valence-electron chi connectivity index (χ0n) is 12.8. The second-order valence-electron chi connectivity index (χ2n) is 5.41. The number of morpholine rings is 1. The summed E-state index contributed by atoms with van der Waals surface area (Å²) in [5, 5.41) is 3.91. The van der Waals surface area contributed by atoms with Crippen molar-refractivity contribution in [3.63, 3.8) is 0 Å². The molecule has 0 bridgehead atoms. The van der Waals surface area contributed by atoms with Crippen LogP contribution in [0.2, 0.25) is 0 Å². The normalized spacial score (nSPS) is 15.9. The van der Waals surface area contributed by atoms with Crippen molar-refractivity contribution < 1.29 is 13.9 Å². The average molecular weight is 320 g/mol. The molecule has 0 aliphatic carbocycles. The zero-order valence-corrected chi connectivity index (χ0v) is 13.7. The van der Waals surface area contributed by atoms with Gasteiger partial charge in [-0.25, -0.2) is 0 Å². The lowest BCUT2D eigenvalue weighted by atomic mass is 10.1. The summed E-state index contributed by atoms with van der Waals surface area (Å²) in [5.41, 5.74) is 2.45. The third-order valence-electron chi connectivity index (χ3n) is 3.97. The monoisotopic (exact) mass is 320 g/mol. The number of hydrogen-bond donors (Lipinski definition) is 1. The lowest BCUT2D eigenvalue weighted by Crippen LogP contribution is -2.35. The van der Waals surface area contributed by atoms with E-state index in [9.17, 15) is 4.79 Å². The van der Waals surface area contributed by atoms with Gasteiger partial charge in [-0.05, 0) is 31.5 Å². The summed E-state index contributed by atoms with van der Waals surface area (Å²) in [6, 6.07) is 3.39. The molecule has 6 heteroatoms. The predicted octanol–water partition coefficient (Wildman–Crippen LogP) is 3.04. The highest BCUT2D eigenvalue weighted by molar-refractivity contribution is 7.16. The zero-order chi connectivity index (χ0) is 15.5. The van der Waals surface area contributed by atoms with E-state index in [-0.39, 0.29) is 5.91 Å². The van der Waals surface area contributed by atoms with Crippen LogP contribution in [0.5, 0.6) is 0 Å². The highest BCUT2D eigenvalue weighted by Crippen LogP contribution is 2.33. The van der Waals surface area contributed by atoms with Gasteiger partial charge < -0.3 is 14.5 Å². The highest BCUT2D eigenvalue weighted by Gasteiger charge is 2.20. The second-order valence-corrected chi connectivity index (χ2v) is 6.64. The van der Waals surface area contributed by atoms with Crippen LogP contribution in [-0.2, 0) is 11.3 Å². The predicted molar refractivity (Wildman–Crippen MR) is 86.6 cm³/mol. The molecule has 3 heterocycles. The van der Waals surface area contributed by atoms with Crippen molar-refractivity contribution in [1.82, 2.24) is 4.90 Å². The summed E-state index contributed by atoms with van der Waals surface area (Å²) >= 11 is 1.62. The largest absolute Gasteiger partial charge is 0.459 e. The Morgan fingerprint density at radius 2 is 2.14 bits per heavy atom. The Morgan fingerprint density at radius 1 is 1.36 bits per heavy atom. The lowest BCUT2D eigenvalue weighted by Gasteiger charge is -2.27. The van der Waals surface area contributed by atoms with E-state index in [0.717, 1.165) is 37.8 Å². The number of carbonyl (C=O) groups is 1. The molecule has 5 nitrogen and oxygen atoms in total. The van der Waals surface area contributed by atoms with Crippen LogP contribution in [0.25, 0.3) is 0 Å². The molecule has 118 valence electrons. The van der Waals surface area contributed by atoms with Gasteiger partial charge in [0.1, 0.15) is 5.00 Å². The topological polar surface area (TPSA) is 54.7 Å². The molecule has 0 unspecified atom stereocenters. The molecular formula is C16H20N2O3S. The van der Waals surface area contributed by atoms with Crippen LogP contribution in [0.1, 0.15) is 26.6 Å². The summed E-state index contributed by atoms with van der Waals surface area (Å²) in [6.45, 7) is 8.45. The van der Waals surface area contributed by atoms with E-state index in [1.807, 2.05) is 0 Å². The van der Waals surface area contributed by atoms with E-state index in [1.165, 1.54) is 22.3 Å². The first-order chi connectivity index (χ1) is 10.6.